The molecule has 2 N–H and O–H groups in total. The van der Waals surface area contributed by atoms with Crippen LogP contribution in [0.5, 0.6) is 0 Å². The van der Waals surface area contributed by atoms with Crippen molar-refractivity contribution in [1.82, 2.24) is 4.90 Å². The molecular formula is C15H23ClN2O. The summed E-state index contributed by atoms with van der Waals surface area (Å²) in [5.74, 6) is 0.151. The number of nitrogens with two attached hydrogens (primary N) is 1. The Morgan fingerprint density at radius 2 is 1.74 bits per heavy atom. The smallest absolute Gasteiger partial charge is 0.254 e. The van der Waals surface area contributed by atoms with E-state index < -0.39 is 0 Å². The molecule has 1 aliphatic rings. The van der Waals surface area contributed by atoms with Crippen LogP contribution in [0.2, 0.25) is 0 Å². The van der Waals surface area contributed by atoms with Crippen molar-refractivity contribution < 1.29 is 4.79 Å². The lowest BCUT2D eigenvalue weighted by Gasteiger charge is -2.39. The Hall–Kier alpha value is -1.06. The van der Waals surface area contributed by atoms with Crippen LogP contribution in [-0.2, 0) is 6.54 Å². The number of halogens is 1. The second kappa shape index (κ2) is 6.92. The summed E-state index contributed by atoms with van der Waals surface area (Å²) in [6, 6.07) is 8.33. The van der Waals surface area contributed by atoms with Crippen LogP contribution in [0.15, 0.2) is 24.3 Å². The van der Waals surface area contributed by atoms with Gasteiger partial charge in [-0.15, -0.1) is 12.4 Å². The third kappa shape index (κ3) is 3.48. The molecule has 1 aromatic rings. The third-order valence-electron chi connectivity index (χ3n) is 3.86. The number of rotatable bonds is 2. The van der Waals surface area contributed by atoms with Crippen LogP contribution in [0, 0.1) is 0 Å². The number of piperidine rings is 1. The molecule has 0 saturated carbocycles. The van der Waals surface area contributed by atoms with Crippen molar-refractivity contribution in [2.75, 3.05) is 0 Å². The quantitative estimate of drug-likeness (QED) is 0.906. The predicted octanol–water partition coefficient (Wildman–Crippen LogP) is 2.97. The second-order valence-corrected chi connectivity index (χ2v) is 5.24. The molecular weight excluding hydrogens is 260 g/mol. The highest BCUT2D eigenvalue weighted by atomic mass is 35.5. The van der Waals surface area contributed by atoms with Gasteiger partial charge in [0.05, 0.1) is 0 Å². The van der Waals surface area contributed by atoms with Crippen molar-refractivity contribution in [1.29, 1.82) is 0 Å². The van der Waals surface area contributed by atoms with Crippen LogP contribution in [0.3, 0.4) is 0 Å². The Bertz CT molecular complexity index is 409. The fourth-order valence-electron chi connectivity index (χ4n) is 2.75. The van der Waals surface area contributed by atoms with E-state index in [1.54, 1.807) is 0 Å². The molecule has 1 aliphatic heterocycles. The number of benzene rings is 1. The topological polar surface area (TPSA) is 46.3 Å². The van der Waals surface area contributed by atoms with Gasteiger partial charge < -0.3 is 10.6 Å². The van der Waals surface area contributed by atoms with Crippen molar-refractivity contribution in [3.05, 3.63) is 35.4 Å². The van der Waals surface area contributed by atoms with Gasteiger partial charge in [0.2, 0.25) is 0 Å². The van der Waals surface area contributed by atoms with Gasteiger partial charge in [0.1, 0.15) is 0 Å². The molecule has 2 rings (SSSR count). The minimum absolute atomic E-state index is 0. The molecule has 2 atom stereocenters. The number of likely N-dealkylation sites (tertiary alicyclic amines) is 1. The SMILES string of the molecule is CC1CCCC(C)N1C(=O)c1ccc(CN)cc1.Cl. The van der Waals surface area contributed by atoms with Crippen molar-refractivity contribution in [2.45, 2.75) is 51.7 Å². The van der Waals surface area contributed by atoms with E-state index in [1.807, 2.05) is 29.2 Å². The summed E-state index contributed by atoms with van der Waals surface area (Å²) in [6.45, 7) is 4.80. The van der Waals surface area contributed by atoms with Gasteiger partial charge in [0.25, 0.3) is 5.91 Å². The summed E-state index contributed by atoms with van der Waals surface area (Å²) in [7, 11) is 0. The molecule has 0 bridgehead atoms. The van der Waals surface area contributed by atoms with E-state index >= 15 is 0 Å². The van der Waals surface area contributed by atoms with Gasteiger partial charge in [-0.1, -0.05) is 12.1 Å². The molecule has 0 radical (unpaired) electrons. The molecule has 1 amide bonds. The molecule has 19 heavy (non-hydrogen) atoms. The lowest BCUT2D eigenvalue weighted by atomic mass is 9.96. The second-order valence-electron chi connectivity index (χ2n) is 5.24. The van der Waals surface area contributed by atoms with Crippen LogP contribution in [0.1, 0.15) is 49.0 Å². The highest BCUT2D eigenvalue weighted by Gasteiger charge is 2.29. The number of carbonyl (C=O) groups excluding carboxylic acids is 1. The summed E-state index contributed by atoms with van der Waals surface area (Å²) in [6.07, 6.45) is 3.44. The molecule has 0 aliphatic carbocycles. The van der Waals surface area contributed by atoms with Gasteiger partial charge in [-0.05, 0) is 50.8 Å². The molecule has 4 heteroatoms. The Morgan fingerprint density at radius 1 is 1.21 bits per heavy atom. The van der Waals surface area contributed by atoms with Gasteiger partial charge in [-0.25, -0.2) is 0 Å². The Labute approximate surface area is 121 Å². The average molecular weight is 283 g/mol. The third-order valence-corrected chi connectivity index (χ3v) is 3.86. The first kappa shape index (κ1) is 16.0. The summed E-state index contributed by atoms with van der Waals surface area (Å²) >= 11 is 0. The Kier molecular flexibility index (Phi) is 5.83. The highest BCUT2D eigenvalue weighted by molar-refractivity contribution is 5.94. The molecule has 3 nitrogen and oxygen atoms in total. The van der Waals surface area contributed by atoms with Crippen molar-refractivity contribution in [2.24, 2.45) is 5.73 Å². The maximum absolute atomic E-state index is 12.5. The highest BCUT2D eigenvalue weighted by Crippen LogP contribution is 2.24. The molecule has 1 heterocycles. The van der Waals surface area contributed by atoms with Crippen LogP contribution >= 0.6 is 12.4 Å². The standard InChI is InChI=1S/C15H22N2O.ClH/c1-11-4-3-5-12(2)17(11)15(18)14-8-6-13(10-16)7-9-14;/h6-9,11-12H,3-5,10,16H2,1-2H3;1H. The van der Waals surface area contributed by atoms with Crippen molar-refractivity contribution >= 4 is 18.3 Å². The van der Waals surface area contributed by atoms with E-state index in [1.165, 1.54) is 6.42 Å². The summed E-state index contributed by atoms with van der Waals surface area (Å²) in [4.78, 5) is 14.5. The molecule has 106 valence electrons. The first-order valence-corrected chi connectivity index (χ1v) is 6.75. The number of hydrogen-bond donors (Lipinski definition) is 1. The van der Waals surface area contributed by atoms with E-state index in [0.717, 1.165) is 24.0 Å². The number of nitrogens with zero attached hydrogens (tertiary/aromatic N) is 1. The van der Waals surface area contributed by atoms with Crippen LogP contribution in [0.25, 0.3) is 0 Å². The van der Waals surface area contributed by atoms with Crippen LogP contribution in [-0.4, -0.2) is 22.9 Å². The molecule has 0 spiro atoms. The fraction of sp³-hybridized carbons (Fsp3) is 0.533. The Morgan fingerprint density at radius 3 is 2.21 bits per heavy atom. The zero-order chi connectivity index (χ0) is 13.1. The first-order valence-electron chi connectivity index (χ1n) is 6.75. The van der Waals surface area contributed by atoms with Gasteiger partial charge >= 0.3 is 0 Å². The largest absolute Gasteiger partial charge is 0.333 e. The number of amides is 1. The predicted molar refractivity (Wildman–Crippen MR) is 80.5 cm³/mol. The lowest BCUT2D eigenvalue weighted by molar-refractivity contribution is 0.0511. The minimum atomic E-state index is 0. The molecule has 2 unspecified atom stereocenters. The maximum Gasteiger partial charge on any atom is 0.254 e. The zero-order valence-electron chi connectivity index (χ0n) is 11.6. The minimum Gasteiger partial charge on any atom is -0.333 e. The first-order chi connectivity index (χ1) is 8.63. The van der Waals surface area contributed by atoms with Gasteiger partial charge in [-0.3, -0.25) is 4.79 Å². The van der Waals surface area contributed by atoms with Crippen molar-refractivity contribution in [3.63, 3.8) is 0 Å². The Balaban J connectivity index is 0.00000180. The van der Waals surface area contributed by atoms with Gasteiger partial charge in [0.15, 0.2) is 0 Å². The van der Waals surface area contributed by atoms with Crippen molar-refractivity contribution in [3.8, 4) is 0 Å². The molecule has 1 fully saturated rings. The summed E-state index contributed by atoms with van der Waals surface area (Å²) < 4.78 is 0. The van der Waals surface area contributed by atoms with Gasteiger partial charge in [-0.2, -0.15) is 0 Å². The molecule has 1 saturated heterocycles. The van der Waals surface area contributed by atoms with Crippen LogP contribution < -0.4 is 5.73 Å². The average Bonchev–Trinajstić information content (AvgIpc) is 2.38. The summed E-state index contributed by atoms with van der Waals surface area (Å²) in [5.41, 5.74) is 7.40. The lowest BCUT2D eigenvalue weighted by Crippen LogP contribution is -2.47. The number of hydrogen-bond acceptors (Lipinski definition) is 2. The fourth-order valence-corrected chi connectivity index (χ4v) is 2.75. The van der Waals surface area contributed by atoms with E-state index in [4.69, 9.17) is 5.73 Å². The van der Waals surface area contributed by atoms with E-state index in [0.29, 0.717) is 18.6 Å². The number of carbonyl (C=O) groups is 1. The zero-order valence-corrected chi connectivity index (χ0v) is 12.5. The molecule has 1 aromatic carbocycles. The molecule has 0 aromatic heterocycles. The summed E-state index contributed by atoms with van der Waals surface area (Å²) in [5, 5.41) is 0. The monoisotopic (exact) mass is 282 g/mol. The van der Waals surface area contributed by atoms with E-state index in [-0.39, 0.29) is 18.3 Å². The maximum atomic E-state index is 12.5. The van der Waals surface area contributed by atoms with E-state index in [2.05, 4.69) is 13.8 Å². The normalized spacial score (nSPS) is 22.8. The van der Waals surface area contributed by atoms with Gasteiger partial charge in [0, 0.05) is 24.2 Å². The van der Waals surface area contributed by atoms with Crippen LogP contribution in [0.4, 0.5) is 0 Å². The van der Waals surface area contributed by atoms with E-state index in [9.17, 15) is 4.79 Å².